The van der Waals surface area contributed by atoms with Gasteiger partial charge in [-0.15, -0.1) is 0 Å². The lowest BCUT2D eigenvalue weighted by atomic mass is 10.1. The van der Waals surface area contributed by atoms with Gasteiger partial charge in [-0.3, -0.25) is 0 Å². The minimum Gasteiger partial charge on any atom is -0.241 e. The average molecular weight is 464 g/mol. The molecule has 9 heteroatoms. The number of hydrogen-bond acceptors (Lipinski definition) is 5. The summed E-state index contributed by atoms with van der Waals surface area (Å²) < 4.78 is 54.6. The predicted octanol–water partition coefficient (Wildman–Crippen LogP) is 3.98. The Hall–Kier alpha value is -3.69. The first-order valence-electron chi connectivity index (χ1n) is 9.65. The summed E-state index contributed by atoms with van der Waals surface area (Å²) in [4.78, 5) is 4.59. The topological polar surface area (TPSA) is 91.0 Å². The van der Waals surface area contributed by atoms with E-state index in [9.17, 15) is 16.8 Å². The summed E-state index contributed by atoms with van der Waals surface area (Å²) in [7, 11) is -7.59. The highest BCUT2D eigenvalue weighted by Gasteiger charge is 2.22. The third-order valence-corrected chi connectivity index (χ3v) is 8.50. The Morgan fingerprint density at radius 3 is 1.84 bits per heavy atom. The molecular weight excluding hydrogens is 446 g/mol. The summed E-state index contributed by atoms with van der Waals surface area (Å²) >= 11 is 0. The van der Waals surface area contributed by atoms with Crippen LogP contribution >= 0.6 is 0 Å². The van der Waals surface area contributed by atoms with Gasteiger partial charge in [0.1, 0.15) is 0 Å². The van der Waals surface area contributed by atoms with Crippen molar-refractivity contribution in [3.63, 3.8) is 0 Å². The number of hydrogen-bond donors (Lipinski definition) is 0. The van der Waals surface area contributed by atoms with E-state index in [-0.39, 0.29) is 15.6 Å². The second-order valence-corrected chi connectivity index (χ2v) is 10.7. The summed E-state index contributed by atoms with van der Waals surface area (Å²) in [5.74, 6) is 0.245. The monoisotopic (exact) mass is 463 g/mol. The van der Waals surface area contributed by atoms with Crippen LogP contribution in [0.1, 0.15) is 0 Å². The molecule has 0 saturated heterocycles. The molecule has 5 rings (SSSR count). The number of rotatable bonds is 5. The van der Waals surface area contributed by atoms with Crippen molar-refractivity contribution in [3.8, 4) is 11.4 Å². The normalized spacial score (nSPS) is 12.2. The molecule has 0 spiro atoms. The zero-order valence-electron chi connectivity index (χ0n) is 16.6. The lowest BCUT2D eigenvalue weighted by Crippen LogP contribution is -2.13. The van der Waals surface area contributed by atoms with E-state index in [1.54, 1.807) is 72.8 Å². The molecule has 160 valence electrons. The largest absolute Gasteiger partial charge is 0.269 e. The lowest BCUT2D eigenvalue weighted by molar-refractivity contribution is 0.586. The maximum absolute atomic E-state index is 13.1. The van der Waals surface area contributed by atoms with Crippen molar-refractivity contribution in [2.45, 2.75) is 9.79 Å². The molecule has 0 N–H and O–H groups in total. The Bertz CT molecular complexity index is 1640. The molecule has 0 fully saturated rings. The highest BCUT2D eigenvalue weighted by molar-refractivity contribution is 7.90. The Morgan fingerprint density at radius 2 is 1.22 bits per heavy atom. The van der Waals surface area contributed by atoms with E-state index in [2.05, 4.69) is 4.98 Å². The third kappa shape index (κ3) is 3.22. The third-order valence-electron chi connectivity index (χ3n) is 5.12. The van der Waals surface area contributed by atoms with Crippen molar-refractivity contribution in [2.75, 3.05) is 0 Å². The fourth-order valence-corrected chi connectivity index (χ4v) is 6.26. The molecule has 0 saturated carbocycles. The van der Waals surface area contributed by atoms with Crippen LogP contribution in [0.25, 0.3) is 22.3 Å². The van der Waals surface area contributed by atoms with Crippen molar-refractivity contribution in [3.05, 3.63) is 104 Å². The standard InChI is InChI=1S/C23H17N3O4S2/c27-31(28,20-7-3-1-4-8-20)25-15-13-18-17-19(11-12-22(18)25)23-24-14-16-26(23)32(29,30)21-9-5-2-6-10-21/h1-17H. The highest BCUT2D eigenvalue weighted by Crippen LogP contribution is 2.28. The SMILES string of the molecule is O=S(=O)(c1ccccc1)n1ccnc1-c1ccc2c(ccn2S(=O)(=O)c2ccccc2)c1. The minimum absolute atomic E-state index is 0.153. The summed E-state index contributed by atoms with van der Waals surface area (Å²) in [6, 6.07) is 23.0. The van der Waals surface area contributed by atoms with Crippen LogP contribution < -0.4 is 0 Å². The fourth-order valence-electron chi connectivity index (χ4n) is 3.57. The van der Waals surface area contributed by atoms with Crippen LogP contribution in [0, 0.1) is 0 Å². The van der Waals surface area contributed by atoms with E-state index in [4.69, 9.17) is 0 Å². The van der Waals surface area contributed by atoms with Gasteiger partial charge in [-0.2, -0.15) is 0 Å². The van der Waals surface area contributed by atoms with Crippen molar-refractivity contribution < 1.29 is 16.8 Å². The molecule has 0 aliphatic heterocycles. The zero-order valence-corrected chi connectivity index (χ0v) is 18.2. The first-order valence-corrected chi connectivity index (χ1v) is 12.5. The molecule has 0 bridgehead atoms. The van der Waals surface area contributed by atoms with Gasteiger partial charge in [-0.05, 0) is 48.5 Å². The minimum atomic E-state index is -3.83. The maximum atomic E-state index is 13.1. The van der Waals surface area contributed by atoms with Crippen LogP contribution in [0.3, 0.4) is 0 Å². The predicted molar refractivity (Wildman–Crippen MR) is 121 cm³/mol. The molecule has 5 aromatic rings. The second kappa shape index (κ2) is 7.47. The molecule has 3 aromatic carbocycles. The van der Waals surface area contributed by atoms with Crippen LogP contribution in [-0.4, -0.2) is 29.8 Å². The number of fused-ring (bicyclic) bond motifs is 1. The Kier molecular flexibility index (Phi) is 4.72. The molecule has 0 aliphatic rings. The molecule has 0 aliphatic carbocycles. The van der Waals surface area contributed by atoms with Crippen molar-refractivity contribution in [2.24, 2.45) is 0 Å². The van der Waals surface area contributed by atoms with E-state index >= 15 is 0 Å². The van der Waals surface area contributed by atoms with Gasteiger partial charge in [0.15, 0.2) is 5.82 Å². The van der Waals surface area contributed by atoms with Gasteiger partial charge < -0.3 is 0 Å². The molecule has 0 atom stereocenters. The van der Waals surface area contributed by atoms with Crippen LogP contribution in [0.5, 0.6) is 0 Å². The summed E-state index contributed by atoms with van der Waals surface area (Å²) in [6.07, 6.45) is 4.31. The molecule has 0 radical (unpaired) electrons. The van der Waals surface area contributed by atoms with Gasteiger partial charge >= 0.3 is 0 Å². The molecule has 2 aromatic heterocycles. The van der Waals surface area contributed by atoms with Crippen LogP contribution in [0.4, 0.5) is 0 Å². The number of aromatic nitrogens is 3. The molecule has 0 unspecified atom stereocenters. The number of nitrogens with zero attached hydrogens (tertiary/aromatic N) is 3. The van der Waals surface area contributed by atoms with Gasteiger partial charge in [-0.25, -0.2) is 29.8 Å². The Morgan fingerprint density at radius 1 is 0.625 bits per heavy atom. The fraction of sp³-hybridized carbons (Fsp3) is 0. The average Bonchev–Trinajstić information content (AvgIpc) is 3.48. The molecule has 0 amide bonds. The highest BCUT2D eigenvalue weighted by atomic mass is 32.2. The smallest absolute Gasteiger partial charge is 0.241 e. The van der Waals surface area contributed by atoms with Crippen LogP contribution in [0.15, 0.2) is 113 Å². The van der Waals surface area contributed by atoms with E-state index in [1.165, 1.54) is 34.7 Å². The van der Waals surface area contributed by atoms with Crippen molar-refractivity contribution in [1.82, 2.24) is 12.9 Å². The van der Waals surface area contributed by atoms with Gasteiger partial charge in [0.25, 0.3) is 20.0 Å². The Labute approximate surface area is 185 Å². The maximum Gasteiger partial charge on any atom is 0.269 e. The molecule has 2 heterocycles. The zero-order chi connectivity index (χ0) is 22.3. The number of imidazole rings is 1. The van der Waals surface area contributed by atoms with Crippen LogP contribution in [0.2, 0.25) is 0 Å². The van der Waals surface area contributed by atoms with E-state index in [0.717, 1.165) is 3.97 Å². The second-order valence-electron chi connectivity index (χ2n) is 7.07. The van der Waals surface area contributed by atoms with Gasteiger partial charge in [0.05, 0.1) is 15.3 Å². The quantitative estimate of drug-likeness (QED) is 0.393. The van der Waals surface area contributed by atoms with Crippen molar-refractivity contribution in [1.29, 1.82) is 0 Å². The van der Waals surface area contributed by atoms with E-state index in [1.807, 2.05) is 0 Å². The lowest BCUT2D eigenvalue weighted by Gasteiger charge is -2.10. The summed E-state index contributed by atoms with van der Waals surface area (Å²) in [6.45, 7) is 0. The summed E-state index contributed by atoms with van der Waals surface area (Å²) in [5.41, 5.74) is 1.04. The van der Waals surface area contributed by atoms with Crippen molar-refractivity contribution >= 4 is 30.9 Å². The first kappa shape index (κ1) is 20.2. The number of benzene rings is 3. The molecular formula is C23H17N3O4S2. The van der Waals surface area contributed by atoms with Gasteiger partial charge in [-0.1, -0.05) is 36.4 Å². The van der Waals surface area contributed by atoms with E-state index < -0.39 is 20.0 Å². The molecule has 32 heavy (non-hydrogen) atoms. The van der Waals surface area contributed by atoms with Crippen LogP contribution in [-0.2, 0) is 20.0 Å². The summed E-state index contributed by atoms with van der Waals surface area (Å²) in [5, 5.41) is 0.647. The van der Waals surface area contributed by atoms with E-state index in [0.29, 0.717) is 16.5 Å². The Balaban J connectivity index is 1.60. The first-order chi connectivity index (χ1) is 15.4. The van der Waals surface area contributed by atoms with Gasteiger partial charge in [0, 0.05) is 29.5 Å². The molecule has 7 nitrogen and oxygen atoms in total. The van der Waals surface area contributed by atoms with Gasteiger partial charge in [0.2, 0.25) is 0 Å².